The topological polar surface area (TPSA) is 94.1 Å². The Morgan fingerprint density at radius 3 is 2.33 bits per heavy atom. The number of hydrogen-bond donors (Lipinski definition) is 2. The molecule has 0 amide bonds. The molecule has 18 heavy (non-hydrogen) atoms. The van der Waals surface area contributed by atoms with E-state index in [0.717, 1.165) is 0 Å². The van der Waals surface area contributed by atoms with Gasteiger partial charge >= 0.3 is 0 Å². The van der Waals surface area contributed by atoms with Crippen LogP contribution in [-0.4, -0.2) is 15.9 Å². The molecule has 6 nitrogen and oxygen atoms in total. The number of hydrogen-bond acceptors (Lipinski definition) is 5. The van der Waals surface area contributed by atoms with Crippen molar-refractivity contribution in [1.82, 2.24) is 4.98 Å². The minimum atomic E-state index is -0.466. The SMILES string of the molecule is CC1(C)C(Nc2cc([N+](=O)[O-])cc(N)n2)C1(C)C. The van der Waals surface area contributed by atoms with Crippen LogP contribution < -0.4 is 11.1 Å². The fourth-order valence-electron chi connectivity index (χ4n) is 2.42. The number of aromatic nitrogens is 1. The zero-order chi connectivity index (χ0) is 13.7. The Labute approximate surface area is 106 Å². The van der Waals surface area contributed by atoms with Crippen LogP contribution in [0.15, 0.2) is 12.1 Å². The molecule has 0 aromatic carbocycles. The van der Waals surface area contributed by atoms with Crippen LogP contribution in [-0.2, 0) is 0 Å². The Kier molecular flexibility index (Phi) is 2.50. The van der Waals surface area contributed by atoms with Crippen molar-refractivity contribution in [2.24, 2.45) is 10.8 Å². The van der Waals surface area contributed by atoms with Gasteiger partial charge in [0.25, 0.3) is 5.69 Å². The molecule has 1 aliphatic rings. The summed E-state index contributed by atoms with van der Waals surface area (Å²) < 4.78 is 0. The van der Waals surface area contributed by atoms with Gasteiger partial charge in [0, 0.05) is 6.04 Å². The fourth-order valence-corrected chi connectivity index (χ4v) is 2.42. The highest BCUT2D eigenvalue weighted by molar-refractivity contribution is 5.54. The molecule has 6 heteroatoms. The van der Waals surface area contributed by atoms with Gasteiger partial charge in [-0.2, -0.15) is 0 Å². The molecule has 2 rings (SSSR count). The molecule has 1 aromatic heterocycles. The monoisotopic (exact) mass is 250 g/mol. The van der Waals surface area contributed by atoms with Crippen LogP contribution in [0.4, 0.5) is 17.3 Å². The summed E-state index contributed by atoms with van der Waals surface area (Å²) in [7, 11) is 0. The Balaban J connectivity index is 2.24. The number of nitrogen functional groups attached to an aromatic ring is 1. The van der Waals surface area contributed by atoms with Crippen molar-refractivity contribution in [3.8, 4) is 0 Å². The predicted octanol–water partition coefficient (Wildman–Crippen LogP) is 2.42. The molecule has 3 N–H and O–H groups in total. The lowest BCUT2D eigenvalue weighted by atomic mass is 10.0. The smallest absolute Gasteiger partial charge is 0.276 e. The predicted molar refractivity (Wildman–Crippen MR) is 70.3 cm³/mol. The van der Waals surface area contributed by atoms with Crippen LogP contribution in [0.1, 0.15) is 27.7 Å². The van der Waals surface area contributed by atoms with Crippen LogP contribution >= 0.6 is 0 Å². The van der Waals surface area contributed by atoms with Crippen LogP contribution in [0.25, 0.3) is 0 Å². The van der Waals surface area contributed by atoms with Gasteiger partial charge < -0.3 is 11.1 Å². The lowest BCUT2D eigenvalue weighted by Crippen LogP contribution is -2.12. The van der Waals surface area contributed by atoms with Crippen molar-refractivity contribution in [2.45, 2.75) is 33.7 Å². The first-order valence-electron chi connectivity index (χ1n) is 5.85. The second kappa shape index (κ2) is 3.57. The van der Waals surface area contributed by atoms with E-state index in [-0.39, 0.29) is 28.4 Å². The largest absolute Gasteiger partial charge is 0.383 e. The highest BCUT2D eigenvalue weighted by Crippen LogP contribution is 2.63. The summed E-state index contributed by atoms with van der Waals surface area (Å²) in [6.45, 7) is 8.63. The Hall–Kier alpha value is -1.85. The van der Waals surface area contributed by atoms with Crippen molar-refractivity contribution < 1.29 is 4.92 Å². The maximum Gasteiger partial charge on any atom is 0.276 e. The third kappa shape index (κ3) is 1.77. The zero-order valence-electron chi connectivity index (χ0n) is 11.0. The van der Waals surface area contributed by atoms with E-state index >= 15 is 0 Å². The summed E-state index contributed by atoms with van der Waals surface area (Å²) in [5, 5.41) is 14.0. The van der Waals surface area contributed by atoms with E-state index in [9.17, 15) is 10.1 Å². The van der Waals surface area contributed by atoms with E-state index in [1.165, 1.54) is 12.1 Å². The minimum Gasteiger partial charge on any atom is -0.383 e. The molecule has 0 saturated heterocycles. The lowest BCUT2D eigenvalue weighted by Gasteiger charge is -2.07. The summed E-state index contributed by atoms with van der Waals surface area (Å²) in [5.74, 6) is 0.619. The third-order valence-electron chi connectivity index (χ3n) is 4.35. The molecule has 0 unspecified atom stereocenters. The highest BCUT2D eigenvalue weighted by Gasteiger charge is 2.65. The number of nitrogens with zero attached hydrogens (tertiary/aromatic N) is 2. The van der Waals surface area contributed by atoms with Gasteiger partial charge in [-0.15, -0.1) is 0 Å². The van der Waals surface area contributed by atoms with Gasteiger partial charge in [0.15, 0.2) is 0 Å². The van der Waals surface area contributed by atoms with Gasteiger partial charge in [-0.05, 0) is 10.8 Å². The van der Waals surface area contributed by atoms with Gasteiger partial charge in [-0.1, -0.05) is 27.7 Å². The van der Waals surface area contributed by atoms with E-state index in [2.05, 4.69) is 38.0 Å². The van der Waals surface area contributed by atoms with Gasteiger partial charge in [-0.25, -0.2) is 4.98 Å². The molecule has 0 bridgehead atoms. The number of rotatable bonds is 3. The Morgan fingerprint density at radius 1 is 1.33 bits per heavy atom. The zero-order valence-corrected chi connectivity index (χ0v) is 11.0. The number of nitrogens with two attached hydrogens (primary N) is 1. The third-order valence-corrected chi connectivity index (χ3v) is 4.35. The van der Waals surface area contributed by atoms with E-state index in [0.29, 0.717) is 5.82 Å². The molecular weight excluding hydrogens is 232 g/mol. The van der Waals surface area contributed by atoms with Crippen molar-refractivity contribution in [1.29, 1.82) is 0 Å². The van der Waals surface area contributed by atoms with Crippen molar-refractivity contribution in [3.63, 3.8) is 0 Å². The molecule has 1 aromatic rings. The summed E-state index contributed by atoms with van der Waals surface area (Å²) in [4.78, 5) is 14.4. The number of nitrogens with one attached hydrogen (secondary N) is 1. The standard InChI is InChI=1S/C12H18N4O2/c1-11(2)10(12(11,3)4)15-9-6-7(16(17)18)5-8(13)14-9/h5-6,10H,1-4H3,(H3,13,14,15). The Morgan fingerprint density at radius 2 is 1.89 bits per heavy atom. The van der Waals surface area contributed by atoms with Crippen LogP contribution in [0.3, 0.4) is 0 Å². The number of nitro groups is 1. The van der Waals surface area contributed by atoms with Gasteiger partial charge in [0.05, 0.1) is 17.1 Å². The quantitative estimate of drug-likeness (QED) is 0.634. The first-order valence-corrected chi connectivity index (χ1v) is 5.85. The Bertz CT molecular complexity index is 497. The fraction of sp³-hybridized carbons (Fsp3) is 0.583. The minimum absolute atomic E-state index is 0.0405. The maximum atomic E-state index is 10.8. The maximum absolute atomic E-state index is 10.8. The first-order chi connectivity index (χ1) is 8.16. The average molecular weight is 250 g/mol. The lowest BCUT2D eigenvalue weighted by molar-refractivity contribution is -0.384. The van der Waals surface area contributed by atoms with Crippen LogP contribution in [0.2, 0.25) is 0 Å². The van der Waals surface area contributed by atoms with Crippen molar-refractivity contribution in [3.05, 3.63) is 22.2 Å². The van der Waals surface area contributed by atoms with Gasteiger partial charge in [-0.3, -0.25) is 10.1 Å². The van der Waals surface area contributed by atoms with Crippen LogP contribution in [0, 0.1) is 20.9 Å². The van der Waals surface area contributed by atoms with E-state index in [1.54, 1.807) is 0 Å². The van der Waals surface area contributed by atoms with E-state index < -0.39 is 4.92 Å². The first kappa shape index (κ1) is 12.6. The second-order valence-electron chi connectivity index (χ2n) is 5.91. The number of pyridine rings is 1. The van der Waals surface area contributed by atoms with Crippen molar-refractivity contribution >= 4 is 17.3 Å². The molecule has 98 valence electrons. The van der Waals surface area contributed by atoms with Crippen molar-refractivity contribution in [2.75, 3.05) is 11.1 Å². The highest BCUT2D eigenvalue weighted by atomic mass is 16.6. The van der Waals surface area contributed by atoms with Gasteiger partial charge in [0.1, 0.15) is 11.6 Å². The molecule has 0 aliphatic heterocycles. The molecular formula is C12H18N4O2. The molecule has 1 heterocycles. The molecule has 1 aliphatic carbocycles. The summed E-state index contributed by atoms with van der Waals surface area (Å²) in [6, 6.07) is 2.91. The number of anilines is 2. The molecule has 1 saturated carbocycles. The molecule has 1 fully saturated rings. The van der Waals surface area contributed by atoms with Gasteiger partial charge in [0.2, 0.25) is 0 Å². The molecule has 0 atom stereocenters. The summed E-state index contributed by atoms with van der Waals surface area (Å²) >= 11 is 0. The van der Waals surface area contributed by atoms with E-state index in [4.69, 9.17) is 5.73 Å². The molecule has 0 spiro atoms. The average Bonchev–Trinajstić information content (AvgIpc) is 2.60. The second-order valence-corrected chi connectivity index (χ2v) is 5.91. The normalized spacial score (nSPS) is 20.4. The summed E-state index contributed by atoms with van der Waals surface area (Å²) in [6.07, 6.45) is 0. The molecule has 0 radical (unpaired) electrons. The van der Waals surface area contributed by atoms with E-state index in [1.807, 2.05) is 0 Å². The summed E-state index contributed by atoms with van der Waals surface area (Å²) in [5.41, 5.74) is 5.80. The van der Waals surface area contributed by atoms with Crippen LogP contribution in [0.5, 0.6) is 0 Å².